The van der Waals surface area contributed by atoms with Gasteiger partial charge in [0.2, 0.25) is 11.8 Å². The van der Waals surface area contributed by atoms with Crippen molar-refractivity contribution in [3.63, 3.8) is 0 Å². The summed E-state index contributed by atoms with van der Waals surface area (Å²) in [5.41, 5.74) is 1.77. The van der Waals surface area contributed by atoms with Gasteiger partial charge >= 0.3 is 0 Å². The maximum Gasteiger partial charge on any atom is 0.254 e. The number of hydrogen-bond acceptors (Lipinski definition) is 6. The molecule has 5 rings (SSSR count). The molecule has 0 radical (unpaired) electrons. The van der Waals surface area contributed by atoms with Crippen molar-refractivity contribution < 1.29 is 18.3 Å². The van der Waals surface area contributed by atoms with Gasteiger partial charge in [0.15, 0.2) is 0 Å². The summed E-state index contributed by atoms with van der Waals surface area (Å²) in [5.74, 6) is 0.0504. The number of ether oxygens (including phenoxy) is 1. The van der Waals surface area contributed by atoms with E-state index in [1.54, 1.807) is 23.1 Å². The lowest BCUT2D eigenvalue weighted by Gasteiger charge is -2.34. The lowest BCUT2D eigenvalue weighted by molar-refractivity contribution is 0.0731. The van der Waals surface area contributed by atoms with Crippen molar-refractivity contribution in [2.75, 3.05) is 44.7 Å². The number of nitrogens with zero attached hydrogens (tertiary/aromatic N) is 5. The van der Waals surface area contributed by atoms with Crippen molar-refractivity contribution in [2.45, 2.75) is 13.0 Å². The minimum Gasteiger partial charge on any atom is -0.438 e. The normalized spacial score (nSPS) is 16.3. The molecule has 2 aliphatic rings. The lowest BCUT2D eigenvalue weighted by atomic mass is 10.0. The minimum absolute atomic E-state index is 0.221. The molecule has 0 spiro atoms. The van der Waals surface area contributed by atoms with Crippen LogP contribution >= 0.6 is 0 Å². The zero-order valence-electron chi connectivity index (χ0n) is 18.9. The molecule has 1 aromatic heterocycles. The molecule has 9 heteroatoms. The van der Waals surface area contributed by atoms with E-state index in [9.17, 15) is 13.6 Å². The first-order chi connectivity index (χ1) is 16.5. The van der Waals surface area contributed by atoms with Gasteiger partial charge in [-0.25, -0.2) is 13.8 Å². The second-order valence-electron chi connectivity index (χ2n) is 8.59. The summed E-state index contributed by atoms with van der Waals surface area (Å²) in [6, 6.07) is 11.5. The van der Waals surface area contributed by atoms with Gasteiger partial charge in [0.05, 0.1) is 17.8 Å². The van der Waals surface area contributed by atoms with E-state index < -0.39 is 11.6 Å². The van der Waals surface area contributed by atoms with Crippen LogP contribution in [0.1, 0.15) is 21.6 Å². The van der Waals surface area contributed by atoms with E-state index in [0.29, 0.717) is 36.1 Å². The third-order valence-electron chi connectivity index (χ3n) is 6.17. The van der Waals surface area contributed by atoms with E-state index >= 15 is 0 Å². The highest BCUT2D eigenvalue weighted by Gasteiger charge is 2.29. The maximum atomic E-state index is 13.8. The Balaban J connectivity index is 1.48. The van der Waals surface area contributed by atoms with Gasteiger partial charge in [-0.05, 0) is 37.4 Å². The molecule has 176 valence electrons. The van der Waals surface area contributed by atoms with Crippen LogP contribution < -0.4 is 9.64 Å². The molecule has 2 aliphatic heterocycles. The number of carbonyl (C=O) groups is 1. The molecule has 3 heterocycles. The molecule has 0 aliphatic carbocycles. The lowest BCUT2D eigenvalue weighted by Crippen LogP contribution is -2.45. The Morgan fingerprint density at radius 3 is 2.41 bits per heavy atom. The highest BCUT2D eigenvalue weighted by atomic mass is 19.1. The Morgan fingerprint density at radius 2 is 1.68 bits per heavy atom. The van der Waals surface area contributed by atoms with E-state index in [4.69, 9.17) is 14.7 Å². The Kier molecular flexibility index (Phi) is 6.10. The molecular formula is C25H25F2N5O2. The van der Waals surface area contributed by atoms with Crippen LogP contribution in [-0.4, -0.2) is 65.4 Å². The molecule has 7 nitrogen and oxygen atoms in total. The largest absolute Gasteiger partial charge is 0.438 e. The highest BCUT2D eigenvalue weighted by molar-refractivity contribution is 5.94. The number of anilines is 1. The summed E-state index contributed by atoms with van der Waals surface area (Å²) in [4.78, 5) is 28.5. The zero-order valence-corrected chi connectivity index (χ0v) is 18.9. The maximum absolute atomic E-state index is 13.8. The second kappa shape index (κ2) is 9.34. The molecule has 0 atom stereocenters. The second-order valence-corrected chi connectivity index (χ2v) is 8.59. The van der Waals surface area contributed by atoms with Crippen molar-refractivity contribution in [3.8, 4) is 11.6 Å². The number of likely N-dealkylation sites (N-methyl/N-ethyl adjacent to an activating group) is 1. The van der Waals surface area contributed by atoms with E-state index in [1.807, 2.05) is 0 Å². The third kappa shape index (κ3) is 4.70. The van der Waals surface area contributed by atoms with Crippen LogP contribution in [0.25, 0.3) is 0 Å². The van der Waals surface area contributed by atoms with Gasteiger partial charge in [0.25, 0.3) is 5.91 Å². The van der Waals surface area contributed by atoms with Crippen LogP contribution in [0.4, 0.5) is 14.7 Å². The Hall–Kier alpha value is -3.59. The number of halogens is 2. The fourth-order valence-corrected chi connectivity index (χ4v) is 4.22. The molecule has 2 aromatic carbocycles. The third-order valence-corrected chi connectivity index (χ3v) is 6.17. The van der Waals surface area contributed by atoms with Crippen molar-refractivity contribution in [3.05, 3.63) is 77.0 Å². The van der Waals surface area contributed by atoms with Gasteiger partial charge in [-0.1, -0.05) is 12.1 Å². The predicted octanol–water partition coefficient (Wildman–Crippen LogP) is 3.50. The molecule has 0 saturated carbocycles. The van der Waals surface area contributed by atoms with Gasteiger partial charge in [0, 0.05) is 50.8 Å². The minimum atomic E-state index is -0.460. The molecular weight excluding hydrogens is 440 g/mol. The summed E-state index contributed by atoms with van der Waals surface area (Å²) < 4.78 is 33.5. The fraction of sp³-hybridized carbons (Fsp3) is 0.320. The van der Waals surface area contributed by atoms with E-state index in [0.717, 1.165) is 31.9 Å². The molecule has 0 N–H and O–H groups in total. The number of fused-ring (bicyclic) bond motifs is 1. The monoisotopic (exact) mass is 465 g/mol. The first-order valence-electron chi connectivity index (χ1n) is 11.3. The van der Waals surface area contributed by atoms with E-state index in [-0.39, 0.29) is 18.0 Å². The number of benzene rings is 2. The first kappa shape index (κ1) is 22.2. The Morgan fingerprint density at radius 1 is 0.941 bits per heavy atom. The molecule has 0 bridgehead atoms. The van der Waals surface area contributed by atoms with E-state index in [1.165, 1.54) is 30.3 Å². The zero-order chi connectivity index (χ0) is 23.7. The summed E-state index contributed by atoms with van der Waals surface area (Å²) in [5, 5.41) is 0. The van der Waals surface area contributed by atoms with Gasteiger partial charge in [-0.2, -0.15) is 4.98 Å². The molecule has 34 heavy (non-hydrogen) atoms. The highest BCUT2D eigenvalue weighted by Crippen LogP contribution is 2.32. The molecule has 1 amide bonds. The molecule has 0 unspecified atom stereocenters. The van der Waals surface area contributed by atoms with Gasteiger partial charge in [0.1, 0.15) is 17.4 Å². The summed E-state index contributed by atoms with van der Waals surface area (Å²) in [6.45, 7) is 4.05. The van der Waals surface area contributed by atoms with Crippen molar-refractivity contribution in [2.24, 2.45) is 0 Å². The number of amides is 1. The van der Waals surface area contributed by atoms with Crippen molar-refractivity contribution >= 4 is 11.9 Å². The van der Waals surface area contributed by atoms with E-state index in [2.05, 4.69) is 16.8 Å². The molecule has 1 fully saturated rings. The van der Waals surface area contributed by atoms with Crippen molar-refractivity contribution in [1.82, 2.24) is 19.8 Å². The topological polar surface area (TPSA) is 61.8 Å². The average Bonchev–Trinajstić information content (AvgIpc) is 2.84. The van der Waals surface area contributed by atoms with Crippen molar-refractivity contribution in [1.29, 1.82) is 0 Å². The quantitative estimate of drug-likeness (QED) is 0.588. The van der Waals surface area contributed by atoms with Gasteiger partial charge in [-0.15, -0.1) is 0 Å². The van der Waals surface area contributed by atoms with Crippen LogP contribution in [0.3, 0.4) is 0 Å². The average molecular weight is 466 g/mol. The number of aromatic nitrogens is 2. The standard InChI is InChI=1S/C25H25F2N5O2/c1-30-10-12-31(13-11-30)25-28-22-8-9-32(24(33)17-4-2-5-18(26)14-17)16-21(22)23(29-25)34-20-7-3-6-19(27)15-20/h2-7,14-15H,8-13,16H2,1H3. The number of piperazine rings is 1. The van der Waals surface area contributed by atoms with Crippen LogP contribution in [0.2, 0.25) is 0 Å². The van der Waals surface area contributed by atoms with Crippen LogP contribution in [-0.2, 0) is 13.0 Å². The number of rotatable bonds is 4. The van der Waals surface area contributed by atoms with Crippen LogP contribution in [0.15, 0.2) is 48.5 Å². The van der Waals surface area contributed by atoms with Crippen LogP contribution in [0, 0.1) is 11.6 Å². The Labute approximate surface area is 196 Å². The fourth-order valence-electron chi connectivity index (χ4n) is 4.22. The van der Waals surface area contributed by atoms with Gasteiger partial charge < -0.3 is 19.4 Å². The SMILES string of the molecule is CN1CCN(c2nc3c(c(Oc4cccc(F)c4)n2)CN(C(=O)c2cccc(F)c2)CC3)CC1. The summed E-state index contributed by atoms with van der Waals surface area (Å²) >= 11 is 0. The first-order valence-corrected chi connectivity index (χ1v) is 11.3. The van der Waals surface area contributed by atoms with Gasteiger partial charge in [-0.3, -0.25) is 4.79 Å². The number of hydrogen-bond donors (Lipinski definition) is 0. The summed E-state index contributed by atoms with van der Waals surface area (Å²) in [6.07, 6.45) is 0.513. The summed E-state index contributed by atoms with van der Waals surface area (Å²) in [7, 11) is 2.08. The smallest absolute Gasteiger partial charge is 0.254 e. The molecule has 3 aromatic rings. The number of carbonyl (C=O) groups excluding carboxylic acids is 1. The predicted molar refractivity (Wildman–Crippen MR) is 123 cm³/mol. The van der Waals surface area contributed by atoms with Crippen LogP contribution in [0.5, 0.6) is 11.6 Å². The molecule has 1 saturated heterocycles. The Bertz CT molecular complexity index is 1210.